The maximum atomic E-state index is 6.18. The zero-order valence-corrected chi connectivity index (χ0v) is 17.3. The van der Waals surface area contributed by atoms with Crippen LogP contribution in [0, 0.1) is 0 Å². The van der Waals surface area contributed by atoms with Gasteiger partial charge in [-0.05, 0) is 62.2 Å². The van der Waals surface area contributed by atoms with Crippen LogP contribution in [0.3, 0.4) is 0 Å². The molecule has 4 heteroatoms. The summed E-state index contributed by atoms with van der Waals surface area (Å²) in [6.07, 6.45) is 7.62. The Balaban J connectivity index is 1.27. The van der Waals surface area contributed by atoms with Gasteiger partial charge in [-0.1, -0.05) is 30.3 Å². The Morgan fingerprint density at radius 3 is 2.48 bits per heavy atom. The van der Waals surface area contributed by atoms with E-state index in [0.29, 0.717) is 18.8 Å². The third kappa shape index (κ3) is 5.21. The molecule has 1 atom stereocenters. The average molecular weight is 391 g/mol. The molecule has 4 rings (SSSR count). The highest BCUT2D eigenvalue weighted by Gasteiger charge is 2.25. The number of hydrogen-bond donors (Lipinski definition) is 0. The number of anilines is 1. The number of likely N-dealkylation sites (tertiary alicyclic amines) is 1. The van der Waals surface area contributed by atoms with Crippen molar-refractivity contribution < 1.29 is 9.47 Å². The van der Waals surface area contributed by atoms with E-state index in [4.69, 9.17) is 9.47 Å². The first kappa shape index (κ1) is 19.6. The van der Waals surface area contributed by atoms with Crippen molar-refractivity contribution in [2.75, 3.05) is 24.5 Å². The van der Waals surface area contributed by atoms with Crippen LogP contribution in [0.5, 0.6) is 5.75 Å². The molecule has 0 amide bonds. The normalized spacial score (nSPS) is 19.5. The molecule has 2 aromatic rings. The first-order valence-corrected chi connectivity index (χ1v) is 10.5. The van der Waals surface area contributed by atoms with Gasteiger partial charge in [0.15, 0.2) is 0 Å². The Bertz CT molecular complexity index is 843. The van der Waals surface area contributed by atoms with E-state index >= 15 is 0 Å². The molecule has 0 N–H and O–H groups in total. The van der Waals surface area contributed by atoms with Crippen molar-refractivity contribution >= 4 is 5.69 Å². The Labute approximate surface area is 174 Å². The van der Waals surface area contributed by atoms with E-state index in [9.17, 15) is 0 Å². The summed E-state index contributed by atoms with van der Waals surface area (Å²) in [6.45, 7) is 8.03. The van der Waals surface area contributed by atoms with Gasteiger partial charge in [-0.15, -0.1) is 0 Å². The van der Waals surface area contributed by atoms with Gasteiger partial charge in [-0.3, -0.25) is 4.90 Å². The first-order valence-electron chi connectivity index (χ1n) is 10.5. The molecule has 0 spiro atoms. The van der Waals surface area contributed by atoms with Gasteiger partial charge in [0.25, 0.3) is 0 Å². The molecule has 2 heterocycles. The highest BCUT2D eigenvalue weighted by Crippen LogP contribution is 2.25. The maximum Gasteiger partial charge on any atom is 0.119 e. The molecule has 0 aromatic heterocycles. The number of hydrogen-bond acceptors (Lipinski definition) is 4. The van der Waals surface area contributed by atoms with Crippen LogP contribution in [0.4, 0.5) is 5.69 Å². The van der Waals surface area contributed by atoms with Crippen LogP contribution in [0.2, 0.25) is 0 Å². The van der Waals surface area contributed by atoms with Crippen LogP contribution in [-0.2, 0) is 11.3 Å². The molecule has 1 saturated heterocycles. The van der Waals surface area contributed by atoms with Crippen molar-refractivity contribution in [3.63, 3.8) is 0 Å². The summed E-state index contributed by atoms with van der Waals surface area (Å²) in [7, 11) is 0. The second kappa shape index (κ2) is 9.19. The van der Waals surface area contributed by atoms with E-state index in [1.165, 1.54) is 5.56 Å². The van der Waals surface area contributed by atoms with Gasteiger partial charge in [0.05, 0.1) is 0 Å². The molecular formula is C25H30N2O2. The van der Waals surface area contributed by atoms with E-state index in [2.05, 4.69) is 72.3 Å². The van der Waals surface area contributed by atoms with Crippen LogP contribution < -0.4 is 9.64 Å². The predicted molar refractivity (Wildman–Crippen MR) is 118 cm³/mol. The number of nitrogens with zero attached hydrogens (tertiary/aromatic N) is 2. The second-order valence-electron chi connectivity index (χ2n) is 7.96. The van der Waals surface area contributed by atoms with Crippen LogP contribution in [-0.4, -0.2) is 36.7 Å². The van der Waals surface area contributed by atoms with Crippen LogP contribution in [0.25, 0.3) is 0 Å². The molecule has 0 aliphatic carbocycles. The van der Waals surface area contributed by atoms with Crippen molar-refractivity contribution in [3.05, 3.63) is 84.3 Å². The molecule has 0 radical (unpaired) electrons. The lowest BCUT2D eigenvalue weighted by Gasteiger charge is -2.23. The standard InChI is InChI=1S/C25H30N2O2/c1-20(2)27-17-14-25(18-27)29-24-10-8-22(9-11-24)26-15-12-23(13-16-26)28-19-21-6-4-3-5-7-21/h3-13,15,20,25H,14,16-19H2,1-2H3/t25-/m0/s1. The van der Waals surface area contributed by atoms with E-state index in [1.807, 2.05) is 24.3 Å². The van der Waals surface area contributed by atoms with Crippen molar-refractivity contribution in [1.29, 1.82) is 0 Å². The zero-order chi connectivity index (χ0) is 20.1. The lowest BCUT2D eigenvalue weighted by atomic mass is 10.2. The molecule has 29 heavy (non-hydrogen) atoms. The summed E-state index contributed by atoms with van der Waals surface area (Å²) in [4.78, 5) is 4.68. The molecular weight excluding hydrogens is 360 g/mol. The number of allylic oxidation sites excluding steroid dienone is 1. The van der Waals surface area contributed by atoms with E-state index in [-0.39, 0.29) is 0 Å². The fraction of sp³-hybridized carbons (Fsp3) is 0.360. The first-order chi connectivity index (χ1) is 14.2. The highest BCUT2D eigenvalue weighted by atomic mass is 16.5. The van der Waals surface area contributed by atoms with Gasteiger partial charge in [-0.25, -0.2) is 0 Å². The van der Waals surface area contributed by atoms with Crippen LogP contribution >= 0.6 is 0 Å². The van der Waals surface area contributed by atoms with Crippen molar-refractivity contribution in [2.24, 2.45) is 0 Å². The number of ether oxygens (including phenoxy) is 2. The Kier molecular flexibility index (Phi) is 6.20. The van der Waals surface area contributed by atoms with Crippen molar-refractivity contribution in [1.82, 2.24) is 4.90 Å². The van der Waals surface area contributed by atoms with E-state index in [0.717, 1.165) is 43.3 Å². The predicted octanol–water partition coefficient (Wildman–Crippen LogP) is 4.98. The van der Waals surface area contributed by atoms with Crippen LogP contribution in [0.15, 0.2) is 78.7 Å². The maximum absolute atomic E-state index is 6.18. The monoisotopic (exact) mass is 390 g/mol. The minimum atomic E-state index is 0.297. The fourth-order valence-corrected chi connectivity index (χ4v) is 3.75. The molecule has 0 unspecified atom stereocenters. The third-order valence-electron chi connectivity index (χ3n) is 5.53. The SMILES string of the molecule is CC(C)N1CC[C@H](Oc2ccc(N3C=CC(OCc4ccccc4)=CC3)cc2)C1. The summed E-state index contributed by atoms with van der Waals surface area (Å²) in [5.74, 6) is 1.87. The van der Waals surface area contributed by atoms with Crippen molar-refractivity contribution in [2.45, 2.75) is 39.0 Å². The van der Waals surface area contributed by atoms with Crippen molar-refractivity contribution in [3.8, 4) is 5.75 Å². The quantitative estimate of drug-likeness (QED) is 0.665. The fourth-order valence-electron chi connectivity index (χ4n) is 3.75. The molecule has 1 fully saturated rings. The van der Waals surface area contributed by atoms with E-state index < -0.39 is 0 Å². The van der Waals surface area contributed by atoms with Gasteiger partial charge < -0.3 is 14.4 Å². The van der Waals surface area contributed by atoms with E-state index in [1.54, 1.807) is 0 Å². The molecule has 2 aliphatic heterocycles. The summed E-state index contributed by atoms with van der Waals surface area (Å²) in [6, 6.07) is 19.2. The lowest BCUT2D eigenvalue weighted by Crippen LogP contribution is -2.30. The number of benzene rings is 2. The Hall–Kier alpha value is -2.72. The molecule has 0 saturated carbocycles. The molecule has 2 aliphatic rings. The van der Waals surface area contributed by atoms with Crippen LogP contribution in [0.1, 0.15) is 25.8 Å². The third-order valence-corrected chi connectivity index (χ3v) is 5.53. The Morgan fingerprint density at radius 1 is 1.03 bits per heavy atom. The van der Waals surface area contributed by atoms with Gasteiger partial charge in [0.2, 0.25) is 0 Å². The Morgan fingerprint density at radius 2 is 1.83 bits per heavy atom. The largest absolute Gasteiger partial charge is 0.489 e. The minimum absolute atomic E-state index is 0.297. The second-order valence-corrected chi connectivity index (χ2v) is 7.96. The molecule has 0 bridgehead atoms. The summed E-state index contributed by atoms with van der Waals surface area (Å²) < 4.78 is 12.1. The minimum Gasteiger partial charge on any atom is -0.489 e. The van der Waals surface area contributed by atoms with Gasteiger partial charge in [0, 0.05) is 37.6 Å². The summed E-state index contributed by atoms with van der Waals surface area (Å²) in [5, 5.41) is 0. The van der Waals surface area contributed by atoms with Gasteiger partial charge in [-0.2, -0.15) is 0 Å². The lowest BCUT2D eigenvalue weighted by molar-refractivity contribution is 0.187. The topological polar surface area (TPSA) is 24.9 Å². The van der Waals surface area contributed by atoms with Gasteiger partial charge >= 0.3 is 0 Å². The average Bonchev–Trinajstić information content (AvgIpc) is 3.23. The van der Waals surface area contributed by atoms with Gasteiger partial charge in [0.1, 0.15) is 24.2 Å². The highest BCUT2D eigenvalue weighted by molar-refractivity contribution is 5.53. The number of rotatable bonds is 7. The smallest absolute Gasteiger partial charge is 0.119 e. The molecule has 4 nitrogen and oxygen atoms in total. The molecule has 2 aromatic carbocycles. The summed E-state index contributed by atoms with van der Waals surface area (Å²) >= 11 is 0. The summed E-state index contributed by atoms with van der Waals surface area (Å²) in [5.41, 5.74) is 2.33. The molecule has 152 valence electrons. The zero-order valence-electron chi connectivity index (χ0n) is 17.3.